The highest BCUT2D eigenvalue weighted by Gasteiger charge is 2.37. The molecule has 2 nitrogen and oxygen atoms in total. The minimum absolute atomic E-state index is 0.130. The van der Waals surface area contributed by atoms with Crippen molar-refractivity contribution in [1.29, 1.82) is 0 Å². The summed E-state index contributed by atoms with van der Waals surface area (Å²) in [5.41, 5.74) is 18.3. The Morgan fingerprint density at radius 2 is 1.03 bits per heavy atom. The van der Waals surface area contributed by atoms with E-state index in [-0.39, 0.29) is 5.41 Å². The lowest BCUT2D eigenvalue weighted by Gasteiger charge is -2.30. The van der Waals surface area contributed by atoms with Crippen LogP contribution in [0.3, 0.4) is 0 Å². The van der Waals surface area contributed by atoms with Crippen molar-refractivity contribution < 1.29 is 0 Å². The summed E-state index contributed by atoms with van der Waals surface area (Å²) < 4.78 is 2.51. The lowest BCUT2D eigenvalue weighted by atomic mass is 9.79. The van der Waals surface area contributed by atoms with Gasteiger partial charge in [-0.25, -0.2) is 0 Å². The Morgan fingerprint density at radius 1 is 0.429 bits per heavy atom. The van der Waals surface area contributed by atoms with Gasteiger partial charge in [0, 0.05) is 38.8 Å². The van der Waals surface area contributed by atoms with E-state index in [0.717, 1.165) is 5.69 Å². The van der Waals surface area contributed by atoms with Crippen molar-refractivity contribution in [2.24, 2.45) is 0 Å². The predicted molar refractivity (Wildman–Crippen MR) is 268 cm³/mol. The Balaban J connectivity index is 1.06. The number of anilines is 3. The number of benzene rings is 8. The highest BCUT2D eigenvalue weighted by atomic mass is 15.1. The maximum absolute atomic E-state index is 2.58. The van der Waals surface area contributed by atoms with Gasteiger partial charge in [-0.05, 0) is 142 Å². The number of para-hydroxylation sites is 2. The minimum Gasteiger partial charge on any atom is -0.310 e. The third-order valence-corrected chi connectivity index (χ3v) is 15.4. The van der Waals surface area contributed by atoms with E-state index < -0.39 is 0 Å². The van der Waals surface area contributed by atoms with Gasteiger partial charge < -0.3 is 9.47 Å². The minimum atomic E-state index is -0.130. The van der Waals surface area contributed by atoms with Crippen molar-refractivity contribution in [3.05, 3.63) is 192 Å². The molecule has 9 aromatic rings. The van der Waals surface area contributed by atoms with E-state index in [1.54, 1.807) is 0 Å². The third kappa shape index (κ3) is 6.44. The molecule has 3 aliphatic carbocycles. The van der Waals surface area contributed by atoms with Gasteiger partial charge in [-0.3, -0.25) is 0 Å². The summed E-state index contributed by atoms with van der Waals surface area (Å²) in [5, 5.41) is 5.10. The molecule has 2 fully saturated rings. The van der Waals surface area contributed by atoms with Crippen LogP contribution in [0.5, 0.6) is 0 Å². The maximum atomic E-state index is 2.58. The van der Waals surface area contributed by atoms with Crippen molar-refractivity contribution in [1.82, 2.24) is 4.57 Å². The van der Waals surface area contributed by atoms with E-state index >= 15 is 0 Å². The van der Waals surface area contributed by atoms with Crippen molar-refractivity contribution in [2.45, 2.75) is 95.3 Å². The van der Waals surface area contributed by atoms with Gasteiger partial charge >= 0.3 is 0 Å². The van der Waals surface area contributed by atoms with Gasteiger partial charge in [-0.15, -0.1) is 0 Å². The molecule has 0 amide bonds. The summed E-state index contributed by atoms with van der Waals surface area (Å²) in [7, 11) is 0. The van der Waals surface area contributed by atoms with Crippen LogP contribution in [-0.4, -0.2) is 4.57 Å². The normalized spacial score (nSPS) is 16.4. The van der Waals surface area contributed by atoms with E-state index in [1.165, 1.54) is 158 Å². The predicted octanol–water partition coefficient (Wildman–Crippen LogP) is 17.5. The molecule has 0 N–H and O–H groups in total. The zero-order valence-corrected chi connectivity index (χ0v) is 36.8. The topological polar surface area (TPSA) is 8.17 Å². The third-order valence-electron chi connectivity index (χ3n) is 15.4. The SMILES string of the molecule is CC1(C)c2cc(C3CCCCC3)ccc2-c2ccc(N(c3ccc4c(c3)c3ccc(C5CCCCC5)cc3n4-c3ccccc3)c3ccccc3-c3cccc4ccccc34)cc21. The van der Waals surface area contributed by atoms with Crippen LogP contribution in [-0.2, 0) is 5.41 Å². The molecule has 12 rings (SSSR count). The zero-order valence-electron chi connectivity index (χ0n) is 36.8. The Hall–Kier alpha value is -6.38. The lowest BCUT2D eigenvalue weighted by molar-refractivity contribution is 0.443. The van der Waals surface area contributed by atoms with Gasteiger partial charge in [0.2, 0.25) is 0 Å². The molecule has 0 spiro atoms. The Kier molecular flexibility index (Phi) is 9.40. The Labute approximate surface area is 372 Å². The first-order chi connectivity index (χ1) is 31.0. The molecule has 1 aromatic heterocycles. The van der Waals surface area contributed by atoms with Crippen LogP contribution in [0.2, 0.25) is 0 Å². The van der Waals surface area contributed by atoms with Gasteiger partial charge in [-0.1, -0.05) is 168 Å². The largest absolute Gasteiger partial charge is 0.310 e. The molecule has 0 radical (unpaired) electrons. The monoisotopic (exact) mass is 816 g/mol. The maximum Gasteiger partial charge on any atom is 0.0543 e. The van der Waals surface area contributed by atoms with Crippen LogP contribution < -0.4 is 4.90 Å². The highest BCUT2D eigenvalue weighted by molar-refractivity contribution is 6.11. The second kappa shape index (κ2) is 15.5. The number of hydrogen-bond donors (Lipinski definition) is 0. The van der Waals surface area contributed by atoms with Crippen molar-refractivity contribution in [3.8, 4) is 27.9 Å². The average Bonchev–Trinajstić information content (AvgIpc) is 3.79. The van der Waals surface area contributed by atoms with Crippen LogP contribution in [0.4, 0.5) is 17.1 Å². The summed E-state index contributed by atoms with van der Waals surface area (Å²) in [6, 6.07) is 65.0. The van der Waals surface area contributed by atoms with Crippen LogP contribution in [0.25, 0.3) is 60.5 Å². The lowest BCUT2D eigenvalue weighted by Crippen LogP contribution is -2.17. The smallest absolute Gasteiger partial charge is 0.0543 e. The first kappa shape index (κ1) is 38.3. The second-order valence-electron chi connectivity index (χ2n) is 19.4. The highest BCUT2D eigenvalue weighted by Crippen LogP contribution is 2.53. The molecule has 2 heteroatoms. The van der Waals surface area contributed by atoms with E-state index in [9.17, 15) is 0 Å². The molecule has 0 unspecified atom stereocenters. The molecular formula is C61H56N2. The van der Waals surface area contributed by atoms with E-state index in [0.29, 0.717) is 11.8 Å². The van der Waals surface area contributed by atoms with E-state index in [2.05, 4.69) is 193 Å². The van der Waals surface area contributed by atoms with Crippen LogP contribution in [0, 0.1) is 0 Å². The van der Waals surface area contributed by atoms with E-state index in [1.807, 2.05) is 0 Å². The zero-order chi connectivity index (χ0) is 42.1. The summed E-state index contributed by atoms with van der Waals surface area (Å²) in [4.78, 5) is 2.55. The number of rotatable bonds is 7. The molecule has 2 saturated carbocycles. The fourth-order valence-electron chi connectivity index (χ4n) is 12.1. The molecule has 0 aliphatic heterocycles. The van der Waals surface area contributed by atoms with Crippen LogP contribution in [0.15, 0.2) is 170 Å². The standard InChI is InChI=1S/C61H56N2/c1-61(2)56-37-44(41-17-6-3-7-18-41)29-33-51(56)52-35-31-48(40-57(52)61)62(58-28-15-14-26-53(58)50-27-16-22-43-21-12-13-25-49(43)50)47-32-36-59-55(39-47)54-34-30-45(42-19-8-4-9-20-42)38-60(54)63(59)46-23-10-5-11-24-46/h5,10-16,21-42H,3-4,6-9,17-20H2,1-2H3. The molecule has 3 aliphatic rings. The molecular weight excluding hydrogens is 761 g/mol. The molecule has 8 aromatic carbocycles. The molecule has 0 saturated heterocycles. The fourth-order valence-corrected chi connectivity index (χ4v) is 12.1. The summed E-state index contributed by atoms with van der Waals surface area (Å²) in [6.07, 6.45) is 13.3. The number of fused-ring (bicyclic) bond motifs is 7. The average molecular weight is 817 g/mol. The summed E-state index contributed by atoms with van der Waals surface area (Å²) in [5.74, 6) is 1.32. The van der Waals surface area contributed by atoms with Gasteiger partial charge in [0.05, 0.1) is 16.7 Å². The number of nitrogens with zero attached hydrogens (tertiary/aromatic N) is 2. The summed E-state index contributed by atoms with van der Waals surface area (Å²) >= 11 is 0. The van der Waals surface area contributed by atoms with Crippen molar-refractivity contribution in [3.63, 3.8) is 0 Å². The van der Waals surface area contributed by atoms with Crippen LogP contribution in [0.1, 0.15) is 112 Å². The fraction of sp³-hybridized carbons (Fsp3) is 0.246. The molecule has 0 atom stereocenters. The number of hydrogen-bond acceptors (Lipinski definition) is 1. The Bertz CT molecular complexity index is 3170. The van der Waals surface area contributed by atoms with E-state index in [4.69, 9.17) is 0 Å². The van der Waals surface area contributed by atoms with Gasteiger partial charge in [0.15, 0.2) is 0 Å². The van der Waals surface area contributed by atoms with Crippen molar-refractivity contribution in [2.75, 3.05) is 4.90 Å². The summed E-state index contributed by atoms with van der Waals surface area (Å²) in [6.45, 7) is 4.90. The quantitative estimate of drug-likeness (QED) is 0.156. The molecule has 0 bridgehead atoms. The van der Waals surface area contributed by atoms with Crippen molar-refractivity contribution >= 4 is 49.6 Å². The first-order valence-corrected chi connectivity index (χ1v) is 23.8. The molecule has 63 heavy (non-hydrogen) atoms. The number of aromatic nitrogens is 1. The first-order valence-electron chi connectivity index (χ1n) is 23.8. The van der Waals surface area contributed by atoms with Gasteiger partial charge in [0.1, 0.15) is 0 Å². The van der Waals surface area contributed by atoms with Gasteiger partial charge in [0.25, 0.3) is 0 Å². The molecule has 310 valence electrons. The second-order valence-corrected chi connectivity index (χ2v) is 19.4. The molecule has 1 heterocycles. The Morgan fingerprint density at radius 3 is 1.83 bits per heavy atom. The van der Waals surface area contributed by atoms with Gasteiger partial charge in [-0.2, -0.15) is 0 Å². The van der Waals surface area contributed by atoms with Crippen LogP contribution >= 0.6 is 0 Å².